The highest BCUT2D eigenvalue weighted by atomic mass is 15.1. The van der Waals surface area contributed by atoms with E-state index in [4.69, 9.17) is 0 Å². The summed E-state index contributed by atoms with van der Waals surface area (Å²) < 4.78 is 0. The number of rotatable bonds is 10. The van der Waals surface area contributed by atoms with Crippen molar-refractivity contribution in [2.24, 2.45) is 0 Å². The largest absolute Gasteiger partial charge is 0.310 e. The molecule has 0 unspecified atom stereocenters. The molecule has 0 saturated heterocycles. The van der Waals surface area contributed by atoms with Gasteiger partial charge in [0.1, 0.15) is 0 Å². The van der Waals surface area contributed by atoms with Crippen LogP contribution in [-0.4, -0.2) is 0 Å². The van der Waals surface area contributed by atoms with Crippen molar-refractivity contribution in [1.82, 2.24) is 0 Å². The van der Waals surface area contributed by atoms with E-state index in [2.05, 4.69) is 213 Å². The molecule has 240 valence electrons. The fourth-order valence-electron chi connectivity index (χ4n) is 6.51. The van der Waals surface area contributed by atoms with E-state index in [0.717, 1.165) is 44.9 Å². The summed E-state index contributed by atoms with van der Waals surface area (Å²) in [6.45, 7) is 6.23. The van der Waals surface area contributed by atoms with Crippen LogP contribution in [0.4, 0.5) is 17.1 Å². The van der Waals surface area contributed by atoms with E-state index in [1.165, 1.54) is 27.8 Å². The zero-order chi connectivity index (χ0) is 34.1. The zero-order valence-electron chi connectivity index (χ0n) is 28.3. The third-order valence-electron chi connectivity index (χ3n) is 9.02. The molecule has 0 aliphatic carbocycles. The monoisotopic (exact) mass is 641 g/mol. The van der Waals surface area contributed by atoms with Crippen molar-refractivity contribution in [3.63, 3.8) is 0 Å². The first-order valence-corrected chi connectivity index (χ1v) is 17.1. The third-order valence-corrected chi connectivity index (χ3v) is 9.02. The van der Waals surface area contributed by atoms with E-state index >= 15 is 0 Å². The molecule has 0 saturated carbocycles. The Kier molecular flexibility index (Phi) is 9.76. The van der Waals surface area contributed by atoms with Gasteiger partial charge in [-0.3, -0.25) is 0 Å². The Balaban J connectivity index is 1.37. The third kappa shape index (κ3) is 7.04. The quantitative estimate of drug-likeness (QED) is 0.134. The topological polar surface area (TPSA) is 3.24 Å². The molecule has 0 fully saturated rings. The normalized spacial score (nSPS) is 11.6. The lowest BCUT2D eigenvalue weighted by atomic mass is 9.97. The van der Waals surface area contributed by atoms with Crippen LogP contribution in [0.1, 0.15) is 18.1 Å². The lowest BCUT2D eigenvalue weighted by Crippen LogP contribution is -2.11. The highest BCUT2D eigenvalue weighted by Gasteiger charge is 2.18. The molecule has 7 rings (SSSR count). The highest BCUT2D eigenvalue weighted by molar-refractivity contribution is 5.92. The van der Waals surface area contributed by atoms with Crippen LogP contribution in [0.3, 0.4) is 0 Å². The van der Waals surface area contributed by atoms with Gasteiger partial charge in [-0.1, -0.05) is 170 Å². The van der Waals surface area contributed by atoms with Gasteiger partial charge < -0.3 is 4.90 Å². The molecule has 50 heavy (non-hydrogen) atoms. The molecule has 0 heterocycles. The van der Waals surface area contributed by atoms with Crippen LogP contribution in [0.25, 0.3) is 44.5 Å². The summed E-state index contributed by atoms with van der Waals surface area (Å²) >= 11 is 0. The molecule has 0 radical (unpaired) electrons. The smallest absolute Gasteiger partial charge is 0.0540 e. The summed E-state index contributed by atoms with van der Waals surface area (Å²) in [7, 11) is 0. The fraction of sp³-hybridized carbons (Fsp3) is 0.0204. The summed E-state index contributed by atoms with van der Waals surface area (Å²) in [5, 5.41) is 0. The maximum absolute atomic E-state index is 4.13. The summed E-state index contributed by atoms with van der Waals surface area (Å²) in [5.74, 6) is 0. The molecule has 0 aromatic heterocycles. The molecule has 1 heteroatoms. The Morgan fingerprint density at radius 2 is 0.940 bits per heavy atom. The number of hydrogen-bond donors (Lipinski definition) is 0. The van der Waals surface area contributed by atoms with Crippen LogP contribution in [0.5, 0.6) is 0 Å². The number of nitrogens with zero attached hydrogens (tertiary/aromatic N) is 1. The van der Waals surface area contributed by atoms with E-state index in [1.54, 1.807) is 0 Å². The van der Waals surface area contributed by atoms with Crippen molar-refractivity contribution in [1.29, 1.82) is 0 Å². The fourth-order valence-corrected chi connectivity index (χ4v) is 6.51. The van der Waals surface area contributed by atoms with Gasteiger partial charge in [-0.15, -0.1) is 0 Å². The van der Waals surface area contributed by atoms with Crippen LogP contribution in [0.2, 0.25) is 0 Å². The van der Waals surface area contributed by atoms with Crippen molar-refractivity contribution in [2.75, 3.05) is 4.90 Å². The van der Waals surface area contributed by atoms with E-state index in [-0.39, 0.29) is 0 Å². The SMILES string of the molecule is C=C/C(=C\C(=C/C)c1cccc(N(c2cccc(-c3cccc(-c4ccccc4)c3)c2)c2ccccc2-c2ccccc2)c1)c1ccccc1. The Morgan fingerprint density at radius 3 is 1.62 bits per heavy atom. The molecular formula is C49H39N. The first kappa shape index (κ1) is 32.1. The van der Waals surface area contributed by atoms with Crippen molar-refractivity contribution in [3.05, 3.63) is 224 Å². The maximum Gasteiger partial charge on any atom is 0.0540 e. The molecule has 0 N–H and O–H groups in total. The number of para-hydroxylation sites is 1. The highest BCUT2D eigenvalue weighted by Crippen LogP contribution is 2.42. The van der Waals surface area contributed by atoms with Crippen molar-refractivity contribution in [2.45, 2.75) is 6.92 Å². The standard InChI is InChI=1S/C49H39N/c1-3-37(39-19-8-5-9-20-39)33-38(4-2)44-27-17-29-46(35-44)50(49-32-15-14-31-48(49)41-23-12-7-13-24-41)47-30-18-28-45(36-47)43-26-16-25-42(34-43)40-21-10-6-11-22-40/h3-36H,1H2,2H3/b37-33+,38-4+. The number of benzene rings is 7. The average Bonchev–Trinajstić information content (AvgIpc) is 3.20. The van der Waals surface area contributed by atoms with Gasteiger partial charge in [0.05, 0.1) is 5.69 Å². The summed E-state index contributed by atoms with van der Waals surface area (Å²) in [5.41, 5.74) is 14.9. The first-order valence-electron chi connectivity index (χ1n) is 17.1. The Labute approximate surface area is 296 Å². The van der Waals surface area contributed by atoms with E-state index in [9.17, 15) is 0 Å². The molecular weight excluding hydrogens is 603 g/mol. The predicted octanol–water partition coefficient (Wildman–Crippen LogP) is 13.8. The van der Waals surface area contributed by atoms with Crippen LogP contribution in [0.15, 0.2) is 213 Å². The van der Waals surface area contributed by atoms with Gasteiger partial charge in [0.2, 0.25) is 0 Å². The van der Waals surface area contributed by atoms with Gasteiger partial charge in [-0.25, -0.2) is 0 Å². The predicted molar refractivity (Wildman–Crippen MR) is 216 cm³/mol. The number of anilines is 3. The van der Waals surface area contributed by atoms with Crippen molar-refractivity contribution in [3.8, 4) is 33.4 Å². The minimum atomic E-state index is 1.08. The van der Waals surface area contributed by atoms with Gasteiger partial charge >= 0.3 is 0 Å². The summed E-state index contributed by atoms with van der Waals surface area (Å²) in [6, 6.07) is 66.9. The molecule has 0 atom stereocenters. The van der Waals surface area contributed by atoms with Gasteiger partial charge in [0.15, 0.2) is 0 Å². The van der Waals surface area contributed by atoms with Gasteiger partial charge in [-0.05, 0) is 99.5 Å². The van der Waals surface area contributed by atoms with Crippen LogP contribution < -0.4 is 4.90 Å². The minimum absolute atomic E-state index is 1.08. The van der Waals surface area contributed by atoms with Crippen LogP contribution in [-0.2, 0) is 0 Å². The zero-order valence-corrected chi connectivity index (χ0v) is 28.3. The lowest BCUT2D eigenvalue weighted by molar-refractivity contribution is 1.28. The second kappa shape index (κ2) is 15.2. The Hall–Kier alpha value is -6.44. The van der Waals surface area contributed by atoms with Crippen LogP contribution >= 0.6 is 0 Å². The summed E-state index contributed by atoms with van der Waals surface area (Å²) in [6.07, 6.45) is 6.33. The Bertz CT molecular complexity index is 2280. The molecule has 0 amide bonds. The molecule has 0 aliphatic rings. The van der Waals surface area contributed by atoms with E-state index < -0.39 is 0 Å². The summed E-state index contributed by atoms with van der Waals surface area (Å²) in [4.78, 5) is 2.39. The second-order valence-electron chi connectivity index (χ2n) is 12.2. The molecule has 0 aliphatic heterocycles. The van der Waals surface area contributed by atoms with Crippen molar-refractivity contribution >= 4 is 28.2 Å². The molecule has 1 nitrogen and oxygen atoms in total. The minimum Gasteiger partial charge on any atom is -0.310 e. The van der Waals surface area contributed by atoms with Crippen molar-refractivity contribution < 1.29 is 0 Å². The number of allylic oxidation sites excluding steroid dienone is 5. The van der Waals surface area contributed by atoms with E-state index in [1.807, 2.05) is 12.1 Å². The second-order valence-corrected chi connectivity index (χ2v) is 12.2. The first-order chi connectivity index (χ1) is 24.7. The van der Waals surface area contributed by atoms with Crippen LogP contribution in [0, 0.1) is 0 Å². The lowest BCUT2D eigenvalue weighted by Gasteiger charge is -2.29. The average molecular weight is 642 g/mol. The molecule has 0 bridgehead atoms. The molecule has 7 aromatic carbocycles. The van der Waals surface area contributed by atoms with Gasteiger partial charge in [-0.2, -0.15) is 0 Å². The van der Waals surface area contributed by atoms with E-state index in [0.29, 0.717) is 0 Å². The molecule has 7 aromatic rings. The Morgan fingerprint density at radius 1 is 0.440 bits per heavy atom. The maximum atomic E-state index is 4.13. The molecule has 0 spiro atoms. The van der Waals surface area contributed by atoms with Gasteiger partial charge in [0.25, 0.3) is 0 Å². The number of hydrogen-bond acceptors (Lipinski definition) is 1. The van der Waals surface area contributed by atoms with Gasteiger partial charge in [0, 0.05) is 16.9 Å².